The van der Waals surface area contributed by atoms with Crippen molar-refractivity contribution in [3.63, 3.8) is 0 Å². The van der Waals surface area contributed by atoms with E-state index in [0.717, 1.165) is 17.5 Å². The summed E-state index contributed by atoms with van der Waals surface area (Å²) in [6, 6.07) is 20.7. The van der Waals surface area contributed by atoms with Crippen molar-refractivity contribution in [1.29, 1.82) is 0 Å². The van der Waals surface area contributed by atoms with Crippen molar-refractivity contribution in [3.05, 3.63) is 78.4 Å². The molecule has 8 nitrogen and oxygen atoms in total. The van der Waals surface area contributed by atoms with Crippen molar-refractivity contribution in [1.82, 2.24) is 4.98 Å². The standard InChI is InChI=1S/C28H29N3O5S2/c1-3-31(21-9-5-4-6-10-21)38(33,34)23-16-14-20(15-17-23)27(32)30(19-22-11-8-18-36-22)28-29-26-24(35-2)12-7-13-25(26)37-28/h4-7,9-10,12-17,22H,3,8,11,18-19H2,1-2H3. The number of ether oxygens (including phenoxy) is 2. The van der Waals surface area contributed by atoms with Crippen LogP contribution in [-0.2, 0) is 14.8 Å². The molecule has 198 valence electrons. The third kappa shape index (κ3) is 5.11. The second-order valence-corrected chi connectivity index (χ2v) is 11.8. The van der Waals surface area contributed by atoms with Gasteiger partial charge in [0.2, 0.25) is 0 Å². The highest BCUT2D eigenvalue weighted by Gasteiger charge is 2.29. The van der Waals surface area contributed by atoms with Gasteiger partial charge in [-0.15, -0.1) is 0 Å². The topological polar surface area (TPSA) is 89.0 Å². The van der Waals surface area contributed by atoms with Crippen molar-refractivity contribution in [3.8, 4) is 5.75 Å². The zero-order valence-corrected chi connectivity index (χ0v) is 22.9. The molecule has 0 spiro atoms. The minimum Gasteiger partial charge on any atom is -0.494 e. The van der Waals surface area contributed by atoms with E-state index in [0.29, 0.717) is 40.8 Å². The Bertz CT molecular complexity index is 1520. The summed E-state index contributed by atoms with van der Waals surface area (Å²) in [5.41, 5.74) is 1.65. The van der Waals surface area contributed by atoms with Crippen LogP contribution in [0.4, 0.5) is 10.8 Å². The van der Waals surface area contributed by atoms with Gasteiger partial charge in [-0.3, -0.25) is 14.0 Å². The van der Waals surface area contributed by atoms with Crippen LogP contribution < -0.4 is 13.9 Å². The van der Waals surface area contributed by atoms with E-state index in [-0.39, 0.29) is 23.5 Å². The summed E-state index contributed by atoms with van der Waals surface area (Å²) >= 11 is 1.41. The second kappa shape index (κ2) is 11.1. The average molecular weight is 552 g/mol. The monoisotopic (exact) mass is 551 g/mol. The average Bonchev–Trinajstić information content (AvgIpc) is 3.62. The lowest BCUT2D eigenvalue weighted by Gasteiger charge is -2.24. The van der Waals surface area contributed by atoms with Gasteiger partial charge in [0.05, 0.1) is 35.0 Å². The van der Waals surface area contributed by atoms with E-state index in [2.05, 4.69) is 0 Å². The number of thiazole rings is 1. The summed E-state index contributed by atoms with van der Waals surface area (Å²) in [6.07, 6.45) is 1.72. The first-order valence-electron chi connectivity index (χ1n) is 12.5. The molecule has 0 radical (unpaired) electrons. The molecule has 5 rings (SSSR count). The fraction of sp³-hybridized carbons (Fsp3) is 0.286. The summed E-state index contributed by atoms with van der Waals surface area (Å²) in [5.74, 6) is 0.376. The number of hydrogen-bond donors (Lipinski definition) is 0. The smallest absolute Gasteiger partial charge is 0.264 e. The van der Waals surface area contributed by atoms with Crippen LogP contribution in [0.5, 0.6) is 5.75 Å². The van der Waals surface area contributed by atoms with Crippen molar-refractivity contribution in [2.45, 2.75) is 30.8 Å². The molecule has 2 heterocycles. The number of aromatic nitrogens is 1. The van der Waals surface area contributed by atoms with Crippen LogP contribution in [-0.4, -0.2) is 52.2 Å². The summed E-state index contributed by atoms with van der Waals surface area (Å²) < 4.78 is 40.3. The fourth-order valence-corrected chi connectivity index (χ4v) is 7.03. The molecular formula is C28H29N3O5S2. The maximum Gasteiger partial charge on any atom is 0.264 e. The van der Waals surface area contributed by atoms with E-state index in [9.17, 15) is 13.2 Å². The van der Waals surface area contributed by atoms with Crippen molar-refractivity contribution >= 4 is 48.3 Å². The van der Waals surface area contributed by atoms with Crippen LogP contribution >= 0.6 is 11.3 Å². The third-order valence-electron chi connectivity index (χ3n) is 6.50. The number of amides is 1. The van der Waals surface area contributed by atoms with E-state index in [4.69, 9.17) is 14.5 Å². The molecule has 3 aromatic carbocycles. The lowest BCUT2D eigenvalue weighted by atomic mass is 10.2. The van der Waals surface area contributed by atoms with E-state index >= 15 is 0 Å². The van der Waals surface area contributed by atoms with Crippen molar-refractivity contribution in [2.24, 2.45) is 0 Å². The lowest BCUT2D eigenvalue weighted by molar-refractivity contribution is 0.0917. The van der Waals surface area contributed by atoms with Gasteiger partial charge in [0.1, 0.15) is 11.3 Å². The molecule has 10 heteroatoms. The van der Waals surface area contributed by atoms with Crippen LogP contribution in [0.2, 0.25) is 0 Å². The molecule has 38 heavy (non-hydrogen) atoms. The number of para-hydroxylation sites is 2. The molecule has 4 aromatic rings. The fourth-order valence-electron chi connectivity index (χ4n) is 4.57. The van der Waals surface area contributed by atoms with E-state index in [1.165, 1.54) is 27.8 Å². The molecule has 0 saturated carbocycles. The molecule has 1 aromatic heterocycles. The Balaban J connectivity index is 1.46. The van der Waals surface area contributed by atoms with Gasteiger partial charge < -0.3 is 9.47 Å². The Labute approximate surface area is 226 Å². The zero-order chi connectivity index (χ0) is 26.7. The number of rotatable bonds is 9. The van der Waals surface area contributed by atoms with Gasteiger partial charge in [-0.1, -0.05) is 35.6 Å². The second-order valence-electron chi connectivity index (χ2n) is 8.88. The van der Waals surface area contributed by atoms with E-state index in [1.54, 1.807) is 55.3 Å². The summed E-state index contributed by atoms with van der Waals surface area (Å²) in [7, 11) is -2.21. The number of methoxy groups -OCH3 is 1. The molecule has 0 aliphatic carbocycles. The molecule has 0 N–H and O–H groups in total. The van der Waals surface area contributed by atoms with Gasteiger partial charge in [0, 0.05) is 18.7 Å². The van der Waals surface area contributed by atoms with Gasteiger partial charge in [-0.05, 0) is 68.3 Å². The van der Waals surface area contributed by atoms with Crippen LogP contribution in [0.1, 0.15) is 30.1 Å². The SMILES string of the molecule is CCN(c1ccccc1)S(=O)(=O)c1ccc(C(=O)N(CC2CCCO2)c2nc3c(OC)cccc3s2)cc1. The lowest BCUT2D eigenvalue weighted by Crippen LogP contribution is -2.37. The summed E-state index contributed by atoms with van der Waals surface area (Å²) in [4.78, 5) is 20.3. The number of sulfonamides is 1. The minimum absolute atomic E-state index is 0.0866. The summed E-state index contributed by atoms with van der Waals surface area (Å²) in [6.45, 7) is 3.10. The molecule has 1 aliphatic heterocycles. The Morgan fingerprint density at radius 1 is 1.08 bits per heavy atom. The van der Waals surface area contributed by atoms with Gasteiger partial charge in [0.25, 0.3) is 15.9 Å². The predicted octanol–water partition coefficient (Wildman–Crippen LogP) is 5.35. The van der Waals surface area contributed by atoms with Crippen molar-refractivity contribution in [2.75, 3.05) is 36.0 Å². The Hall–Kier alpha value is -3.47. The number of carbonyl (C=O) groups excluding carboxylic acids is 1. The van der Waals surface area contributed by atoms with Crippen molar-refractivity contribution < 1.29 is 22.7 Å². The normalized spacial score (nSPS) is 15.5. The molecule has 0 bridgehead atoms. The highest BCUT2D eigenvalue weighted by molar-refractivity contribution is 7.92. The first kappa shape index (κ1) is 26.1. The molecule has 1 aliphatic rings. The highest BCUT2D eigenvalue weighted by atomic mass is 32.2. The highest BCUT2D eigenvalue weighted by Crippen LogP contribution is 2.35. The maximum absolute atomic E-state index is 13.8. The Morgan fingerprint density at radius 3 is 2.50 bits per heavy atom. The number of nitrogens with zero attached hydrogens (tertiary/aromatic N) is 3. The molecule has 1 unspecified atom stereocenters. The number of fused-ring (bicyclic) bond motifs is 1. The number of benzene rings is 3. The maximum atomic E-state index is 13.8. The molecule has 1 amide bonds. The van der Waals surface area contributed by atoms with Crippen LogP contribution in [0.3, 0.4) is 0 Å². The first-order valence-corrected chi connectivity index (χ1v) is 14.7. The van der Waals surface area contributed by atoms with Gasteiger partial charge in [-0.25, -0.2) is 13.4 Å². The quantitative estimate of drug-likeness (QED) is 0.279. The van der Waals surface area contributed by atoms with Gasteiger partial charge >= 0.3 is 0 Å². The van der Waals surface area contributed by atoms with Crippen LogP contribution in [0, 0.1) is 0 Å². The molecule has 1 atom stereocenters. The number of carbonyl (C=O) groups is 1. The third-order valence-corrected chi connectivity index (χ3v) is 9.46. The zero-order valence-electron chi connectivity index (χ0n) is 21.2. The summed E-state index contributed by atoms with van der Waals surface area (Å²) in [5, 5.41) is 0.544. The van der Waals surface area contributed by atoms with Crippen LogP contribution in [0.15, 0.2) is 77.7 Å². The number of hydrogen-bond acceptors (Lipinski definition) is 7. The molecular weight excluding hydrogens is 522 g/mol. The largest absolute Gasteiger partial charge is 0.494 e. The molecule has 1 fully saturated rings. The Morgan fingerprint density at radius 2 is 1.84 bits per heavy atom. The van der Waals surface area contributed by atoms with E-state index < -0.39 is 10.0 Å². The van der Waals surface area contributed by atoms with Crippen LogP contribution in [0.25, 0.3) is 10.2 Å². The van der Waals surface area contributed by atoms with E-state index in [1.807, 2.05) is 24.3 Å². The van der Waals surface area contributed by atoms with Gasteiger partial charge in [0.15, 0.2) is 5.13 Å². The molecule has 1 saturated heterocycles. The van der Waals surface area contributed by atoms with Gasteiger partial charge in [-0.2, -0.15) is 0 Å². The minimum atomic E-state index is -3.80. The predicted molar refractivity (Wildman–Crippen MR) is 150 cm³/mol. The first-order chi connectivity index (χ1) is 18.4. The number of anilines is 2. The Kier molecular flexibility index (Phi) is 7.64.